The lowest BCUT2D eigenvalue weighted by atomic mass is 9.82. The molecule has 0 spiro atoms. The highest BCUT2D eigenvalue weighted by Gasteiger charge is 2.41. The van der Waals surface area contributed by atoms with Crippen LogP contribution < -0.4 is 10.6 Å². The average Bonchev–Trinajstić information content (AvgIpc) is 3.17. The fraction of sp³-hybridized carbons (Fsp3) is 0.682. The van der Waals surface area contributed by atoms with Crippen LogP contribution >= 0.6 is 23.2 Å². The van der Waals surface area contributed by atoms with Crippen LogP contribution in [0.1, 0.15) is 63.9 Å². The fourth-order valence-electron chi connectivity index (χ4n) is 4.99. The zero-order valence-corrected chi connectivity index (χ0v) is 18.6. The molecule has 6 heteroatoms. The van der Waals surface area contributed by atoms with Gasteiger partial charge < -0.3 is 15.5 Å². The molecule has 2 amide bonds. The van der Waals surface area contributed by atoms with Crippen molar-refractivity contribution in [3.8, 4) is 0 Å². The van der Waals surface area contributed by atoms with E-state index in [9.17, 15) is 4.79 Å². The number of likely N-dealkylation sites (tertiary alicyclic amines) is 1. The van der Waals surface area contributed by atoms with Crippen LogP contribution in [0.3, 0.4) is 0 Å². The van der Waals surface area contributed by atoms with Crippen molar-refractivity contribution in [3.63, 3.8) is 0 Å². The van der Waals surface area contributed by atoms with Crippen molar-refractivity contribution in [2.24, 2.45) is 5.92 Å². The molecule has 28 heavy (non-hydrogen) atoms. The maximum Gasteiger partial charge on any atom is 0.318 e. The van der Waals surface area contributed by atoms with Gasteiger partial charge in [0.25, 0.3) is 0 Å². The first-order chi connectivity index (χ1) is 13.5. The second-order valence-electron chi connectivity index (χ2n) is 8.57. The highest BCUT2D eigenvalue weighted by molar-refractivity contribution is 6.42. The number of piperidine rings is 1. The summed E-state index contributed by atoms with van der Waals surface area (Å²) in [7, 11) is 1.95. The number of carbonyl (C=O) groups is 1. The lowest BCUT2D eigenvalue weighted by molar-refractivity contribution is 0.0853. The molecule has 1 aliphatic heterocycles. The minimum Gasteiger partial charge on any atom is -0.334 e. The van der Waals surface area contributed by atoms with Crippen molar-refractivity contribution in [1.82, 2.24) is 15.5 Å². The second kappa shape index (κ2) is 9.69. The zero-order chi connectivity index (χ0) is 20.1. The summed E-state index contributed by atoms with van der Waals surface area (Å²) in [6.45, 7) is 3.65. The summed E-state index contributed by atoms with van der Waals surface area (Å²) < 4.78 is 0. The molecule has 0 radical (unpaired) electrons. The molecule has 2 fully saturated rings. The van der Waals surface area contributed by atoms with Gasteiger partial charge in [-0.2, -0.15) is 0 Å². The van der Waals surface area contributed by atoms with E-state index in [1.807, 2.05) is 24.1 Å². The molecule has 1 heterocycles. The number of carbonyl (C=O) groups excluding carboxylic acids is 1. The number of rotatable bonds is 6. The van der Waals surface area contributed by atoms with Crippen LogP contribution in [0.2, 0.25) is 10.0 Å². The van der Waals surface area contributed by atoms with E-state index in [0.29, 0.717) is 10.0 Å². The summed E-state index contributed by atoms with van der Waals surface area (Å²) in [6.07, 6.45) is 9.25. The normalized spacial score (nSPS) is 24.4. The molecule has 2 aliphatic rings. The molecule has 3 rings (SSSR count). The van der Waals surface area contributed by atoms with Crippen LogP contribution in [0.15, 0.2) is 18.2 Å². The molecule has 2 N–H and O–H groups in total. The van der Waals surface area contributed by atoms with Crippen LogP contribution in [-0.4, -0.2) is 37.1 Å². The van der Waals surface area contributed by atoms with Gasteiger partial charge in [0.05, 0.1) is 15.6 Å². The van der Waals surface area contributed by atoms with Gasteiger partial charge in [-0.1, -0.05) is 61.0 Å². The SMILES string of the molecule is CNCC(CC1CCCC1)NC(=O)N1CCCCC1(C)c1cccc(Cl)c1Cl. The maximum absolute atomic E-state index is 13.4. The van der Waals surface area contributed by atoms with Crippen LogP contribution in [0.5, 0.6) is 0 Å². The Hall–Kier alpha value is -0.970. The lowest BCUT2D eigenvalue weighted by Gasteiger charge is -2.46. The molecule has 156 valence electrons. The van der Waals surface area contributed by atoms with Gasteiger partial charge in [-0.05, 0) is 57.2 Å². The number of amides is 2. The quantitative estimate of drug-likeness (QED) is 0.625. The third-order valence-corrected chi connectivity index (χ3v) is 7.36. The Balaban J connectivity index is 1.78. The summed E-state index contributed by atoms with van der Waals surface area (Å²) in [5.41, 5.74) is 0.500. The fourth-order valence-corrected chi connectivity index (χ4v) is 5.49. The summed E-state index contributed by atoms with van der Waals surface area (Å²) in [6, 6.07) is 5.89. The Bertz CT molecular complexity index is 678. The number of nitrogens with one attached hydrogen (secondary N) is 2. The van der Waals surface area contributed by atoms with E-state index in [2.05, 4.69) is 17.6 Å². The standard InChI is InChI=1S/C22H33Cl2N3O/c1-22(18-10-7-11-19(23)20(18)24)12-5-6-13-27(22)21(28)26-17(15-25-2)14-16-8-3-4-9-16/h7,10-11,16-17,25H,3-6,8-9,12-15H2,1-2H3,(H,26,28). The number of benzene rings is 1. The number of halogens is 2. The van der Waals surface area contributed by atoms with Crippen LogP contribution in [0.25, 0.3) is 0 Å². The molecule has 1 aromatic rings. The minimum absolute atomic E-state index is 0.0106. The van der Waals surface area contributed by atoms with Crippen molar-refractivity contribution in [3.05, 3.63) is 33.8 Å². The molecule has 0 bridgehead atoms. The molecule has 1 saturated heterocycles. The van der Waals surface area contributed by atoms with Gasteiger partial charge in [-0.15, -0.1) is 0 Å². The Morgan fingerprint density at radius 1 is 1.25 bits per heavy atom. The molecule has 0 aromatic heterocycles. The minimum atomic E-state index is -0.443. The Morgan fingerprint density at radius 3 is 2.71 bits per heavy atom. The van der Waals surface area contributed by atoms with Gasteiger partial charge in [0.2, 0.25) is 0 Å². The number of nitrogens with zero attached hydrogens (tertiary/aromatic N) is 1. The molecule has 2 atom stereocenters. The number of urea groups is 1. The van der Waals surface area contributed by atoms with Gasteiger partial charge >= 0.3 is 6.03 Å². The zero-order valence-electron chi connectivity index (χ0n) is 17.1. The van der Waals surface area contributed by atoms with E-state index in [1.54, 1.807) is 6.07 Å². The molecule has 1 aliphatic carbocycles. The van der Waals surface area contributed by atoms with E-state index >= 15 is 0 Å². The number of likely N-dealkylation sites (N-methyl/N-ethyl adjacent to an activating group) is 1. The van der Waals surface area contributed by atoms with Crippen molar-refractivity contribution in [2.45, 2.75) is 69.9 Å². The second-order valence-corrected chi connectivity index (χ2v) is 9.36. The molecule has 2 unspecified atom stereocenters. The predicted molar refractivity (Wildman–Crippen MR) is 117 cm³/mol. The Labute approximate surface area is 179 Å². The largest absolute Gasteiger partial charge is 0.334 e. The summed E-state index contributed by atoms with van der Waals surface area (Å²) in [5.74, 6) is 0.730. The smallest absolute Gasteiger partial charge is 0.318 e. The first-order valence-electron chi connectivity index (χ1n) is 10.6. The van der Waals surface area contributed by atoms with Gasteiger partial charge in [0.1, 0.15) is 0 Å². The monoisotopic (exact) mass is 425 g/mol. The number of hydrogen-bond acceptors (Lipinski definition) is 2. The molecular formula is C22H33Cl2N3O. The molecule has 1 aromatic carbocycles. The van der Waals surface area contributed by atoms with E-state index in [0.717, 1.165) is 50.3 Å². The van der Waals surface area contributed by atoms with Gasteiger partial charge in [0, 0.05) is 19.1 Å². The summed E-state index contributed by atoms with van der Waals surface area (Å²) >= 11 is 12.8. The third-order valence-electron chi connectivity index (χ3n) is 6.54. The van der Waals surface area contributed by atoms with E-state index < -0.39 is 5.54 Å². The van der Waals surface area contributed by atoms with Crippen LogP contribution in [-0.2, 0) is 5.54 Å². The van der Waals surface area contributed by atoms with Gasteiger partial charge in [0.15, 0.2) is 0 Å². The van der Waals surface area contributed by atoms with Crippen molar-refractivity contribution in [2.75, 3.05) is 20.1 Å². The van der Waals surface area contributed by atoms with E-state index in [4.69, 9.17) is 23.2 Å². The highest BCUT2D eigenvalue weighted by atomic mass is 35.5. The van der Waals surface area contributed by atoms with Crippen LogP contribution in [0, 0.1) is 5.92 Å². The van der Waals surface area contributed by atoms with Crippen molar-refractivity contribution in [1.29, 1.82) is 0 Å². The number of hydrogen-bond donors (Lipinski definition) is 2. The molecule has 4 nitrogen and oxygen atoms in total. The maximum atomic E-state index is 13.4. The van der Waals surface area contributed by atoms with Crippen LogP contribution in [0.4, 0.5) is 4.79 Å². The first-order valence-corrected chi connectivity index (χ1v) is 11.4. The Kier molecular flexibility index (Phi) is 7.52. The lowest BCUT2D eigenvalue weighted by Crippen LogP contribution is -2.57. The average molecular weight is 426 g/mol. The van der Waals surface area contributed by atoms with Gasteiger partial charge in [-0.25, -0.2) is 4.79 Å². The summed E-state index contributed by atoms with van der Waals surface area (Å²) in [5, 5.41) is 7.67. The first kappa shape index (κ1) is 21.7. The van der Waals surface area contributed by atoms with E-state index in [-0.39, 0.29) is 12.1 Å². The molecule has 1 saturated carbocycles. The van der Waals surface area contributed by atoms with Crippen molar-refractivity contribution >= 4 is 29.2 Å². The van der Waals surface area contributed by atoms with Gasteiger partial charge in [-0.3, -0.25) is 0 Å². The topological polar surface area (TPSA) is 44.4 Å². The predicted octanol–water partition coefficient (Wildman–Crippen LogP) is 5.57. The van der Waals surface area contributed by atoms with Crippen molar-refractivity contribution < 1.29 is 4.79 Å². The third kappa shape index (κ3) is 4.77. The van der Waals surface area contributed by atoms with E-state index in [1.165, 1.54) is 25.7 Å². The Morgan fingerprint density at radius 2 is 2.00 bits per heavy atom. The highest BCUT2D eigenvalue weighted by Crippen LogP contribution is 2.42. The molecular weight excluding hydrogens is 393 g/mol. The summed E-state index contributed by atoms with van der Waals surface area (Å²) in [4.78, 5) is 15.3.